The monoisotopic (exact) mass is 539 g/mol. The molecular weight excluding hydrogens is 511 g/mol. The molecule has 204 valence electrons. The summed E-state index contributed by atoms with van der Waals surface area (Å²) in [6.07, 6.45) is -1.61. The molecule has 1 aliphatic heterocycles. The highest BCUT2D eigenvalue weighted by molar-refractivity contribution is 6.05. The van der Waals surface area contributed by atoms with Crippen molar-refractivity contribution in [1.29, 1.82) is 0 Å². The molecule has 39 heavy (non-hydrogen) atoms. The van der Waals surface area contributed by atoms with E-state index < -0.39 is 17.6 Å². The first kappa shape index (κ1) is 26.6. The van der Waals surface area contributed by atoms with Crippen molar-refractivity contribution in [2.24, 2.45) is 7.05 Å². The number of carbonyl (C=O) groups excluding carboxylic acids is 1. The van der Waals surface area contributed by atoms with Gasteiger partial charge in [-0.2, -0.15) is 18.2 Å². The van der Waals surface area contributed by atoms with E-state index >= 15 is 0 Å². The molecule has 3 heterocycles. The fourth-order valence-electron chi connectivity index (χ4n) is 4.52. The van der Waals surface area contributed by atoms with E-state index in [0.29, 0.717) is 35.6 Å². The van der Waals surface area contributed by atoms with E-state index in [4.69, 9.17) is 4.74 Å². The molecule has 2 aromatic carbocycles. The van der Waals surface area contributed by atoms with E-state index in [1.54, 1.807) is 37.0 Å². The molecule has 0 radical (unpaired) electrons. The topological polar surface area (TPSA) is 88.4 Å². The predicted octanol–water partition coefficient (Wildman–Crippen LogP) is 4.48. The molecule has 1 saturated heterocycles. The van der Waals surface area contributed by atoms with Gasteiger partial charge in [-0.3, -0.25) is 9.69 Å². The van der Waals surface area contributed by atoms with Crippen LogP contribution in [-0.2, 0) is 19.8 Å². The van der Waals surface area contributed by atoms with E-state index in [-0.39, 0.29) is 29.2 Å². The van der Waals surface area contributed by atoms with Crippen molar-refractivity contribution in [1.82, 2.24) is 29.3 Å². The van der Waals surface area contributed by atoms with E-state index in [9.17, 15) is 18.0 Å². The van der Waals surface area contributed by atoms with Gasteiger partial charge >= 0.3 is 6.18 Å². The molecule has 0 unspecified atom stereocenters. The van der Waals surface area contributed by atoms with Crippen LogP contribution in [-0.4, -0.2) is 68.5 Å². The molecule has 12 heteroatoms. The van der Waals surface area contributed by atoms with Gasteiger partial charge in [0.2, 0.25) is 0 Å². The largest absolute Gasteiger partial charge is 0.437 e. The molecule has 0 saturated carbocycles. The number of alkyl halides is 3. The van der Waals surface area contributed by atoms with Crippen LogP contribution >= 0.6 is 0 Å². The van der Waals surface area contributed by atoms with E-state index in [0.717, 1.165) is 19.2 Å². The Morgan fingerprint density at radius 1 is 1.03 bits per heavy atom. The van der Waals surface area contributed by atoms with Crippen molar-refractivity contribution < 1.29 is 22.7 Å². The van der Waals surface area contributed by atoms with Crippen molar-refractivity contribution in [3.63, 3.8) is 0 Å². The maximum Gasteiger partial charge on any atom is 0.416 e. The van der Waals surface area contributed by atoms with Crippen molar-refractivity contribution in [2.75, 3.05) is 38.5 Å². The number of hydrogen-bond acceptors (Lipinski definition) is 7. The minimum Gasteiger partial charge on any atom is -0.437 e. The number of ether oxygens (including phenoxy) is 1. The van der Waals surface area contributed by atoms with E-state index in [1.165, 1.54) is 24.5 Å². The summed E-state index contributed by atoms with van der Waals surface area (Å²) in [4.78, 5) is 29.9. The van der Waals surface area contributed by atoms with Crippen LogP contribution in [0.3, 0.4) is 0 Å². The third-order valence-electron chi connectivity index (χ3n) is 6.79. The molecule has 1 amide bonds. The van der Waals surface area contributed by atoms with E-state index in [1.807, 2.05) is 11.9 Å². The fourth-order valence-corrected chi connectivity index (χ4v) is 4.52. The Morgan fingerprint density at radius 2 is 1.79 bits per heavy atom. The maximum atomic E-state index is 14.0. The standard InChI is InChI=1S/C27H28F3N7O2/c1-17-4-7-20(39-26-23-24(31-15-32-26)36(3)16-33-23)13-21(17)25(38)34-19-6-5-18(22(12-19)27(28,29)30)14-37-10-8-35(2)9-11-37/h4-7,12-13,15-16H,8-11,14H2,1-3H3,(H,34,38). The Hall–Kier alpha value is -4.03. The van der Waals surface area contributed by atoms with Gasteiger partial charge in [0.25, 0.3) is 11.8 Å². The number of likely N-dealkylation sites (N-methyl/N-ethyl adjacent to an activating group) is 1. The molecule has 9 nitrogen and oxygen atoms in total. The van der Waals surface area contributed by atoms with Crippen LogP contribution in [0.15, 0.2) is 49.1 Å². The Labute approximate surface area is 223 Å². The van der Waals surface area contributed by atoms with Gasteiger partial charge in [0, 0.05) is 51.0 Å². The number of imidazole rings is 1. The first-order chi connectivity index (χ1) is 18.6. The lowest BCUT2D eigenvalue weighted by molar-refractivity contribution is -0.138. The lowest BCUT2D eigenvalue weighted by atomic mass is 10.0. The number of anilines is 1. The maximum absolute atomic E-state index is 14.0. The van der Waals surface area contributed by atoms with Crippen LogP contribution < -0.4 is 10.1 Å². The van der Waals surface area contributed by atoms with Crippen LogP contribution in [0, 0.1) is 6.92 Å². The van der Waals surface area contributed by atoms with Gasteiger partial charge in [0.15, 0.2) is 11.2 Å². The lowest BCUT2D eigenvalue weighted by Crippen LogP contribution is -2.44. The third kappa shape index (κ3) is 5.86. The molecule has 1 aliphatic rings. The van der Waals surface area contributed by atoms with Crippen molar-refractivity contribution >= 4 is 22.8 Å². The number of nitrogens with one attached hydrogen (secondary N) is 1. The summed E-state index contributed by atoms with van der Waals surface area (Å²) in [5, 5.41) is 2.62. The minimum absolute atomic E-state index is 0.0613. The van der Waals surface area contributed by atoms with Crippen LogP contribution in [0.5, 0.6) is 11.6 Å². The number of halogens is 3. The smallest absolute Gasteiger partial charge is 0.416 e. The summed E-state index contributed by atoms with van der Waals surface area (Å²) in [5.74, 6) is 0.0000372. The van der Waals surface area contributed by atoms with Gasteiger partial charge in [-0.25, -0.2) is 9.97 Å². The Kier molecular flexibility index (Phi) is 7.23. The molecule has 0 spiro atoms. The molecule has 5 rings (SSSR count). The number of rotatable bonds is 6. The zero-order valence-electron chi connectivity index (χ0n) is 21.8. The lowest BCUT2D eigenvalue weighted by Gasteiger charge is -2.33. The Balaban J connectivity index is 1.36. The number of carbonyl (C=O) groups is 1. The molecular formula is C27H28F3N7O2. The molecule has 4 aromatic rings. The van der Waals surface area contributed by atoms with Gasteiger partial charge < -0.3 is 19.5 Å². The van der Waals surface area contributed by atoms with Crippen LogP contribution in [0.4, 0.5) is 18.9 Å². The average Bonchev–Trinajstić information content (AvgIpc) is 3.28. The summed E-state index contributed by atoms with van der Waals surface area (Å²) in [6.45, 7) is 4.95. The molecule has 0 aliphatic carbocycles. The highest BCUT2D eigenvalue weighted by Crippen LogP contribution is 2.35. The zero-order valence-corrected chi connectivity index (χ0v) is 21.8. The summed E-state index contributed by atoms with van der Waals surface area (Å²) in [7, 11) is 3.79. The highest BCUT2D eigenvalue weighted by atomic mass is 19.4. The van der Waals surface area contributed by atoms with Crippen molar-refractivity contribution in [3.8, 4) is 11.6 Å². The predicted molar refractivity (Wildman–Crippen MR) is 140 cm³/mol. The van der Waals surface area contributed by atoms with Crippen LogP contribution in [0.1, 0.15) is 27.0 Å². The summed E-state index contributed by atoms with van der Waals surface area (Å²) < 4.78 is 49.5. The average molecular weight is 540 g/mol. The summed E-state index contributed by atoms with van der Waals surface area (Å²) >= 11 is 0. The van der Waals surface area contributed by atoms with E-state index in [2.05, 4.69) is 25.2 Å². The Bertz CT molecular complexity index is 1510. The van der Waals surface area contributed by atoms with Gasteiger partial charge in [-0.15, -0.1) is 0 Å². The first-order valence-corrected chi connectivity index (χ1v) is 12.4. The van der Waals surface area contributed by atoms with Crippen molar-refractivity contribution in [2.45, 2.75) is 19.6 Å². The molecule has 0 atom stereocenters. The van der Waals surface area contributed by atoms with Gasteiger partial charge in [0.05, 0.1) is 11.9 Å². The number of nitrogens with zero attached hydrogens (tertiary/aromatic N) is 6. The Morgan fingerprint density at radius 3 is 2.54 bits per heavy atom. The molecule has 1 fully saturated rings. The van der Waals surface area contributed by atoms with Gasteiger partial charge in [-0.1, -0.05) is 12.1 Å². The SMILES string of the molecule is Cc1ccc(Oc2ncnc3c2ncn3C)cc1C(=O)Nc1ccc(CN2CCN(C)CC2)c(C(F)(F)F)c1. The molecule has 0 bridgehead atoms. The fraction of sp³-hybridized carbons (Fsp3) is 0.333. The number of piperazine rings is 1. The quantitative estimate of drug-likeness (QED) is 0.387. The van der Waals surface area contributed by atoms with Gasteiger partial charge in [0.1, 0.15) is 12.1 Å². The highest BCUT2D eigenvalue weighted by Gasteiger charge is 2.34. The molecule has 1 N–H and O–H groups in total. The number of aromatic nitrogens is 4. The zero-order chi connectivity index (χ0) is 27.7. The second-order valence-electron chi connectivity index (χ2n) is 9.69. The summed E-state index contributed by atoms with van der Waals surface area (Å²) in [5.41, 5.74) is 1.43. The van der Waals surface area contributed by atoms with Crippen molar-refractivity contribution in [3.05, 3.63) is 71.3 Å². The number of aryl methyl sites for hydroxylation is 2. The van der Waals surface area contributed by atoms with Crippen LogP contribution in [0.2, 0.25) is 0 Å². The third-order valence-corrected chi connectivity index (χ3v) is 6.79. The van der Waals surface area contributed by atoms with Gasteiger partial charge in [-0.05, 0) is 49.4 Å². The number of fused-ring (bicyclic) bond motifs is 1. The number of benzene rings is 2. The van der Waals surface area contributed by atoms with Crippen LogP contribution in [0.25, 0.3) is 11.2 Å². The first-order valence-electron chi connectivity index (χ1n) is 12.4. The normalized spacial score (nSPS) is 15.0. The molecule has 2 aromatic heterocycles. The second kappa shape index (κ2) is 10.6. The second-order valence-corrected chi connectivity index (χ2v) is 9.69. The minimum atomic E-state index is -4.55. The number of amides is 1. The number of hydrogen-bond donors (Lipinski definition) is 1. The summed E-state index contributed by atoms with van der Waals surface area (Å²) in [6, 6.07) is 8.84.